The number of H-pyrrole nitrogens is 1. The zero-order chi connectivity index (χ0) is 47.7. The molecule has 352 valence electrons. The Bertz CT molecular complexity index is 1940. The average Bonchev–Trinajstić information content (AvgIpc) is 3.95. The molecule has 1 aliphatic heterocycles. The maximum absolute atomic E-state index is 14.3. The molecule has 6 amide bonds. The van der Waals surface area contributed by atoms with Crippen LogP contribution in [0.4, 0.5) is 0 Å². The minimum Gasteiger partial charge on any atom is -0.508 e. The lowest BCUT2D eigenvalue weighted by atomic mass is 9.96. The van der Waals surface area contributed by atoms with Gasteiger partial charge < -0.3 is 68.6 Å². The van der Waals surface area contributed by atoms with Gasteiger partial charge in [0.2, 0.25) is 35.4 Å². The summed E-state index contributed by atoms with van der Waals surface area (Å²) < 4.78 is 0. The molecule has 14 N–H and O–H groups in total. The number of hydrogen-bond acceptors (Lipinski definition) is 13. The van der Waals surface area contributed by atoms with Gasteiger partial charge in [0, 0.05) is 32.1 Å². The number of nitrogens with one attached hydrogen (secondary N) is 7. The SMILES string of the molecule is C=C(N)NCCC[C@H](NC(=O)[C@@H](N)CC(=O)O)C(=O)N[C@H](C(=O)N[C@@H](Cc1ccc(O)cc1)C(=O)N[C@H](C(=O)N[C@@H](Cc1c[nH]cn1)C(=O)N1CCC[C@H]1C(=O)O)[C@@H](C)CC)C(C)C. The third-order valence-electron chi connectivity index (χ3n) is 10.8. The number of nitrogens with zero attached hydrogens (tertiary/aromatic N) is 2. The lowest BCUT2D eigenvalue weighted by Gasteiger charge is -2.31. The van der Waals surface area contributed by atoms with Gasteiger partial charge >= 0.3 is 11.9 Å². The second kappa shape index (κ2) is 24.8. The number of rotatable bonds is 26. The van der Waals surface area contributed by atoms with E-state index in [1.54, 1.807) is 27.7 Å². The van der Waals surface area contributed by atoms with Gasteiger partial charge in [-0.3, -0.25) is 33.6 Å². The van der Waals surface area contributed by atoms with Crippen molar-refractivity contribution in [3.63, 3.8) is 0 Å². The molecule has 64 heavy (non-hydrogen) atoms. The van der Waals surface area contributed by atoms with Gasteiger partial charge in [0.05, 0.1) is 30.3 Å². The summed E-state index contributed by atoms with van der Waals surface area (Å²) in [5.41, 5.74) is 12.2. The fraction of sp³-hybridized carbons (Fsp3) is 0.548. The molecule has 1 aromatic heterocycles. The second-order valence-electron chi connectivity index (χ2n) is 16.2. The summed E-state index contributed by atoms with van der Waals surface area (Å²) >= 11 is 0. The maximum Gasteiger partial charge on any atom is 0.326 e. The van der Waals surface area contributed by atoms with Crippen LogP contribution >= 0.6 is 0 Å². The van der Waals surface area contributed by atoms with Crippen molar-refractivity contribution >= 4 is 47.4 Å². The number of aromatic nitrogens is 2. The molecular formula is C42H63N11O11. The first-order valence-electron chi connectivity index (χ1n) is 21.2. The summed E-state index contributed by atoms with van der Waals surface area (Å²) in [4.78, 5) is 115. The van der Waals surface area contributed by atoms with Crippen LogP contribution in [0, 0.1) is 11.8 Å². The number of carboxylic acids is 2. The molecule has 22 nitrogen and oxygen atoms in total. The summed E-state index contributed by atoms with van der Waals surface area (Å²) in [7, 11) is 0. The molecule has 1 fully saturated rings. The summed E-state index contributed by atoms with van der Waals surface area (Å²) in [5.74, 6) is -8.18. The number of carbonyl (C=O) groups excluding carboxylic acids is 6. The van der Waals surface area contributed by atoms with E-state index in [9.17, 15) is 48.6 Å². The minimum absolute atomic E-state index is 0.0152. The standard InChI is InChI=1S/C42H63N11O11/c1-6-23(4)35(40(61)50-31(18-26-20-45-21-47-26)41(62)53-16-8-10-32(53)42(63)64)52-38(59)30(17-25-11-13-27(54)14-12-25)49-39(60)34(22(2)3)51-37(58)29(9-7-15-46-24(5)43)48-36(57)28(44)19-33(55)56/h11-14,20-23,28-32,34-35,46,54H,5-10,15-19,43-44H2,1-4H3,(H,45,47)(H,48,57)(H,49,60)(H,50,61)(H,51,58)(H,52,59)(H,55,56)(H,63,64)/t23-,28-,29-,30-,31-,32-,34-,35-/m0/s1. The van der Waals surface area contributed by atoms with Crippen LogP contribution in [-0.4, -0.2) is 133 Å². The van der Waals surface area contributed by atoms with E-state index in [4.69, 9.17) is 16.6 Å². The van der Waals surface area contributed by atoms with E-state index < -0.39 is 108 Å². The van der Waals surface area contributed by atoms with Crippen molar-refractivity contribution in [3.05, 3.63) is 60.4 Å². The van der Waals surface area contributed by atoms with Crippen LogP contribution in [0.25, 0.3) is 0 Å². The lowest BCUT2D eigenvalue weighted by Crippen LogP contribution is -2.62. The molecule has 3 rings (SSSR count). The van der Waals surface area contributed by atoms with E-state index in [-0.39, 0.29) is 56.8 Å². The topological polar surface area (TPSA) is 353 Å². The Hall–Kier alpha value is -6.71. The third kappa shape index (κ3) is 15.9. The van der Waals surface area contributed by atoms with Gasteiger partial charge in [-0.25, -0.2) is 9.78 Å². The Morgan fingerprint density at radius 3 is 2.05 bits per heavy atom. The van der Waals surface area contributed by atoms with Crippen LogP contribution in [0.5, 0.6) is 5.75 Å². The predicted octanol–water partition coefficient (Wildman–Crippen LogP) is -1.30. The molecular weight excluding hydrogens is 835 g/mol. The van der Waals surface area contributed by atoms with Gasteiger partial charge in [-0.05, 0) is 55.2 Å². The number of carboxylic acid groups (broad SMARTS) is 2. The van der Waals surface area contributed by atoms with Crippen LogP contribution in [0.1, 0.15) is 77.5 Å². The van der Waals surface area contributed by atoms with Crippen molar-refractivity contribution in [2.45, 2.75) is 121 Å². The van der Waals surface area contributed by atoms with Crippen molar-refractivity contribution in [1.82, 2.24) is 46.8 Å². The molecule has 1 aliphatic rings. The largest absolute Gasteiger partial charge is 0.508 e. The van der Waals surface area contributed by atoms with E-state index in [1.807, 2.05) is 0 Å². The van der Waals surface area contributed by atoms with Crippen molar-refractivity contribution in [2.24, 2.45) is 23.3 Å². The lowest BCUT2D eigenvalue weighted by molar-refractivity contribution is -0.149. The van der Waals surface area contributed by atoms with Gasteiger partial charge in [0.1, 0.15) is 42.0 Å². The number of aliphatic carboxylic acids is 2. The van der Waals surface area contributed by atoms with E-state index in [0.717, 1.165) is 0 Å². The van der Waals surface area contributed by atoms with Crippen molar-refractivity contribution in [1.29, 1.82) is 0 Å². The zero-order valence-electron chi connectivity index (χ0n) is 36.6. The normalized spacial score (nSPS) is 16.8. The number of imidazole rings is 1. The molecule has 1 aromatic carbocycles. The van der Waals surface area contributed by atoms with Crippen molar-refractivity contribution in [3.8, 4) is 5.75 Å². The third-order valence-corrected chi connectivity index (χ3v) is 10.8. The first-order valence-corrected chi connectivity index (χ1v) is 21.2. The van der Waals surface area contributed by atoms with Gasteiger partial charge in [-0.15, -0.1) is 0 Å². The molecule has 22 heteroatoms. The van der Waals surface area contributed by atoms with E-state index >= 15 is 0 Å². The summed E-state index contributed by atoms with van der Waals surface area (Å²) in [6.45, 7) is 10.7. The number of benzene rings is 1. The van der Waals surface area contributed by atoms with Crippen LogP contribution in [0.15, 0.2) is 49.2 Å². The van der Waals surface area contributed by atoms with Gasteiger partial charge in [-0.2, -0.15) is 0 Å². The van der Waals surface area contributed by atoms with Crippen LogP contribution < -0.4 is 43.4 Å². The number of phenols is 1. The smallest absolute Gasteiger partial charge is 0.326 e. The van der Waals surface area contributed by atoms with Crippen LogP contribution in [0.3, 0.4) is 0 Å². The van der Waals surface area contributed by atoms with Gasteiger partial charge in [0.25, 0.3) is 0 Å². The summed E-state index contributed by atoms with van der Waals surface area (Å²) in [5, 5.41) is 44.9. The molecule has 2 heterocycles. The fourth-order valence-electron chi connectivity index (χ4n) is 7.03. The van der Waals surface area contributed by atoms with Crippen molar-refractivity contribution in [2.75, 3.05) is 13.1 Å². The number of phenolic OH excluding ortho intramolecular Hbond substituents is 1. The summed E-state index contributed by atoms with van der Waals surface area (Å²) in [6, 6.07) is -3.16. The Morgan fingerprint density at radius 1 is 0.859 bits per heavy atom. The highest BCUT2D eigenvalue weighted by atomic mass is 16.4. The molecule has 2 aromatic rings. The Balaban J connectivity index is 1.90. The maximum atomic E-state index is 14.3. The van der Waals surface area contributed by atoms with Crippen LogP contribution in [0.2, 0.25) is 0 Å². The number of amides is 6. The molecule has 0 unspecified atom stereocenters. The number of aromatic amines is 1. The Morgan fingerprint density at radius 2 is 1.47 bits per heavy atom. The van der Waals surface area contributed by atoms with E-state index in [1.165, 1.54) is 41.7 Å². The quantitative estimate of drug-likeness (QED) is 0.0489. The number of aromatic hydroxyl groups is 1. The first-order chi connectivity index (χ1) is 30.2. The second-order valence-corrected chi connectivity index (χ2v) is 16.2. The highest BCUT2D eigenvalue weighted by molar-refractivity contribution is 5.97. The van der Waals surface area contributed by atoms with E-state index in [0.29, 0.717) is 24.1 Å². The molecule has 8 atom stereocenters. The molecule has 0 spiro atoms. The van der Waals surface area contributed by atoms with Crippen LogP contribution in [-0.2, 0) is 51.2 Å². The summed E-state index contributed by atoms with van der Waals surface area (Å²) in [6.07, 6.45) is 3.38. The first kappa shape index (κ1) is 51.6. The number of nitrogens with two attached hydrogens (primary N) is 2. The van der Waals surface area contributed by atoms with Gasteiger partial charge in [0.15, 0.2) is 0 Å². The monoisotopic (exact) mass is 897 g/mol. The molecule has 1 saturated heterocycles. The van der Waals surface area contributed by atoms with Gasteiger partial charge in [-0.1, -0.05) is 52.8 Å². The average molecular weight is 898 g/mol. The predicted molar refractivity (Wildman–Crippen MR) is 231 cm³/mol. The molecule has 0 saturated carbocycles. The molecule has 0 bridgehead atoms. The molecule has 0 radical (unpaired) electrons. The highest BCUT2D eigenvalue weighted by Crippen LogP contribution is 2.20. The zero-order valence-corrected chi connectivity index (χ0v) is 36.6. The fourth-order valence-corrected chi connectivity index (χ4v) is 7.03. The number of carbonyl (C=O) groups is 8. The minimum atomic E-state index is -1.48. The number of hydrogen-bond donors (Lipinski definition) is 12. The Kier molecular flexibility index (Phi) is 20.0. The van der Waals surface area contributed by atoms with Crippen molar-refractivity contribution < 1.29 is 53.7 Å². The Labute approximate surface area is 371 Å². The number of likely N-dealkylation sites (tertiary alicyclic amines) is 1. The van der Waals surface area contributed by atoms with E-state index in [2.05, 4.69) is 48.4 Å². The molecule has 0 aliphatic carbocycles. The highest BCUT2D eigenvalue weighted by Gasteiger charge is 2.40.